The van der Waals surface area contributed by atoms with Gasteiger partial charge in [0.05, 0.1) is 0 Å². The molecule has 0 aromatic heterocycles. The molecule has 1 unspecified atom stereocenters. The average molecular weight is 268 g/mol. The van der Waals surface area contributed by atoms with Crippen molar-refractivity contribution >= 4 is 11.6 Å². The summed E-state index contributed by atoms with van der Waals surface area (Å²) in [4.78, 5) is 0. The Morgan fingerprint density at radius 1 is 1.11 bits per heavy atom. The van der Waals surface area contributed by atoms with Gasteiger partial charge in [-0.15, -0.1) is 0 Å². The van der Waals surface area contributed by atoms with E-state index in [0.717, 1.165) is 11.6 Å². The lowest BCUT2D eigenvalue weighted by atomic mass is 10.1. The van der Waals surface area contributed by atoms with E-state index in [1.54, 1.807) is 0 Å². The number of nitrogens with one attached hydrogen (secondary N) is 1. The fourth-order valence-electron chi connectivity index (χ4n) is 2.12. The van der Waals surface area contributed by atoms with Crippen molar-refractivity contribution in [3.05, 3.63) is 34.9 Å². The van der Waals surface area contributed by atoms with Crippen LogP contribution in [0.5, 0.6) is 0 Å². The quantitative estimate of drug-likeness (QED) is 0.595. The number of hydrogen-bond donors (Lipinski definition) is 1. The van der Waals surface area contributed by atoms with Crippen molar-refractivity contribution in [3.8, 4) is 0 Å². The second-order valence-corrected chi connectivity index (χ2v) is 5.44. The second-order valence-electron chi connectivity index (χ2n) is 5.00. The molecule has 0 bridgehead atoms. The summed E-state index contributed by atoms with van der Waals surface area (Å²) in [5.41, 5.74) is 1.27. The van der Waals surface area contributed by atoms with Crippen LogP contribution in [0.2, 0.25) is 5.02 Å². The molecular weight excluding hydrogens is 242 g/mol. The third kappa shape index (κ3) is 6.42. The third-order valence-corrected chi connectivity index (χ3v) is 3.56. The molecule has 0 aliphatic heterocycles. The highest BCUT2D eigenvalue weighted by Crippen LogP contribution is 2.17. The number of unbranched alkanes of at least 4 members (excludes halogenated alkanes) is 5. The molecule has 0 saturated carbocycles. The topological polar surface area (TPSA) is 12.0 Å². The van der Waals surface area contributed by atoms with Crippen LogP contribution in [-0.4, -0.2) is 6.54 Å². The standard InChI is InChI=1S/C16H26ClN/c1-3-4-5-6-7-8-12-18-14(2)15-10-9-11-16(17)13-15/h9-11,13-14,18H,3-8,12H2,1-2H3. The van der Waals surface area contributed by atoms with Crippen LogP contribution in [0.3, 0.4) is 0 Å². The molecule has 102 valence electrons. The molecule has 0 amide bonds. The molecule has 0 fully saturated rings. The fourth-order valence-corrected chi connectivity index (χ4v) is 2.32. The predicted octanol–water partition coefficient (Wildman–Crippen LogP) is 5.35. The van der Waals surface area contributed by atoms with E-state index in [1.807, 2.05) is 18.2 Å². The summed E-state index contributed by atoms with van der Waals surface area (Å²) in [5.74, 6) is 0. The monoisotopic (exact) mass is 267 g/mol. The molecule has 0 aliphatic carbocycles. The van der Waals surface area contributed by atoms with Crippen molar-refractivity contribution in [2.24, 2.45) is 0 Å². The highest BCUT2D eigenvalue weighted by atomic mass is 35.5. The highest BCUT2D eigenvalue weighted by Gasteiger charge is 2.04. The molecule has 1 nitrogen and oxygen atoms in total. The van der Waals surface area contributed by atoms with Crippen molar-refractivity contribution < 1.29 is 0 Å². The van der Waals surface area contributed by atoms with Crippen LogP contribution in [0.1, 0.15) is 64.0 Å². The zero-order valence-electron chi connectivity index (χ0n) is 11.7. The predicted molar refractivity (Wildman–Crippen MR) is 81.2 cm³/mol. The Morgan fingerprint density at radius 3 is 2.56 bits per heavy atom. The van der Waals surface area contributed by atoms with E-state index >= 15 is 0 Å². The minimum atomic E-state index is 0.388. The molecule has 0 radical (unpaired) electrons. The largest absolute Gasteiger partial charge is 0.310 e. The van der Waals surface area contributed by atoms with E-state index in [-0.39, 0.29) is 0 Å². The summed E-state index contributed by atoms with van der Waals surface area (Å²) in [6.45, 7) is 5.55. The minimum Gasteiger partial charge on any atom is -0.310 e. The Balaban J connectivity index is 2.12. The van der Waals surface area contributed by atoms with E-state index in [1.165, 1.54) is 44.1 Å². The van der Waals surface area contributed by atoms with Gasteiger partial charge in [0.25, 0.3) is 0 Å². The second kappa shape index (κ2) is 9.41. The Kier molecular flexibility index (Phi) is 8.11. The first-order valence-electron chi connectivity index (χ1n) is 7.23. The van der Waals surface area contributed by atoms with Gasteiger partial charge in [-0.2, -0.15) is 0 Å². The van der Waals surface area contributed by atoms with E-state index in [4.69, 9.17) is 11.6 Å². The van der Waals surface area contributed by atoms with Gasteiger partial charge in [0.1, 0.15) is 0 Å². The van der Waals surface area contributed by atoms with Gasteiger partial charge in [0, 0.05) is 11.1 Å². The minimum absolute atomic E-state index is 0.388. The van der Waals surface area contributed by atoms with E-state index in [9.17, 15) is 0 Å². The fraction of sp³-hybridized carbons (Fsp3) is 0.625. The van der Waals surface area contributed by atoms with Crippen molar-refractivity contribution in [2.45, 2.75) is 58.4 Å². The van der Waals surface area contributed by atoms with Crippen LogP contribution in [-0.2, 0) is 0 Å². The summed E-state index contributed by atoms with van der Waals surface area (Å²) in [7, 11) is 0. The molecule has 1 atom stereocenters. The van der Waals surface area contributed by atoms with Crippen LogP contribution in [0.15, 0.2) is 24.3 Å². The number of hydrogen-bond acceptors (Lipinski definition) is 1. The molecule has 1 aromatic carbocycles. The maximum Gasteiger partial charge on any atom is 0.0409 e. The molecule has 0 spiro atoms. The highest BCUT2D eigenvalue weighted by molar-refractivity contribution is 6.30. The Morgan fingerprint density at radius 2 is 1.83 bits per heavy atom. The smallest absolute Gasteiger partial charge is 0.0409 e. The Hall–Kier alpha value is -0.530. The molecular formula is C16H26ClN. The summed E-state index contributed by atoms with van der Waals surface area (Å²) in [6, 6.07) is 8.50. The maximum atomic E-state index is 5.99. The van der Waals surface area contributed by atoms with Crippen LogP contribution < -0.4 is 5.32 Å². The molecule has 1 aromatic rings. The maximum absolute atomic E-state index is 5.99. The van der Waals surface area contributed by atoms with Crippen molar-refractivity contribution in [3.63, 3.8) is 0 Å². The summed E-state index contributed by atoms with van der Waals surface area (Å²) < 4.78 is 0. The third-order valence-electron chi connectivity index (χ3n) is 3.33. The lowest BCUT2D eigenvalue weighted by Crippen LogP contribution is -2.19. The van der Waals surface area contributed by atoms with Crippen LogP contribution in [0, 0.1) is 0 Å². The number of rotatable bonds is 9. The zero-order valence-corrected chi connectivity index (χ0v) is 12.5. The molecule has 0 saturated heterocycles. The first-order valence-corrected chi connectivity index (χ1v) is 7.60. The average Bonchev–Trinajstić information content (AvgIpc) is 2.37. The van der Waals surface area contributed by atoms with Crippen molar-refractivity contribution in [2.75, 3.05) is 6.54 Å². The normalized spacial score (nSPS) is 12.6. The summed E-state index contributed by atoms with van der Waals surface area (Å²) >= 11 is 5.99. The molecule has 1 N–H and O–H groups in total. The van der Waals surface area contributed by atoms with Gasteiger partial charge < -0.3 is 5.32 Å². The van der Waals surface area contributed by atoms with Gasteiger partial charge in [0.15, 0.2) is 0 Å². The zero-order chi connectivity index (χ0) is 13.2. The van der Waals surface area contributed by atoms with Crippen LogP contribution in [0.4, 0.5) is 0 Å². The Bertz CT molecular complexity index is 325. The molecule has 0 heterocycles. The molecule has 0 aliphatic rings. The first-order chi connectivity index (χ1) is 8.74. The van der Waals surface area contributed by atoms with E-state index < -0.39 is 0 Å². The Labute approximate surface area is 117 Å². The lowest BCUT2D eigenvalue weighted by Gasteiger charge is -2.14. The molecule has 1 rings (SSSR count). The first kappa shape index (κ1) is 15.5. The SMILES string of the molecule is CCCCCCCCNC(C)c1cccc(Cl)c1. The number of benzene rings is 1. The number of halogens is 1. The van der Waals surface area contributed by atoms with Crippen LogP contribution >= 0.6 is 11.6 Å². The van der Waals surface area contributed by atoms with Gasteiger partial charge in [-0.05, 0) is 37.6 Å². The van der Waals surface area contributed by atoms with Crippen molar-refractivity contribution in [1.29, 1.82) is 0 Å². The van der Waals surface area contributed by atoms with Crippen LogP contribution in [0.25, 0.3) is 0 Å². The van der Waals surface area contributed by atoms with Gasteiger partial charge >= 0.3 is 0 Å². The van der Waals surface area contributed by atoms with Gasteiger partial charge in [-0.25, -0.2) is 0 Å². The molecule has 18 heavy (non-hydrogen) atoms. The van der Waals surface area contributed by atoms with Gasteiger partial charge in [-0.1, -0.05) is 62.8 Å². The van der Waals surface area contributed by atoms with Gasteiger partial charge in [-0.3, -0.25) is 0 Å². The van der Waals surface area contributed by atoms with Crippen molar-refractivity contribution in [1.82, 2.24) is 5.32 Å². The van der Waals surface area contributed by atoms with E-state index in [2.05, 4.69) is 25.2 Å². The van der Waals surface area contributed by atoms with Gasteiger partial charge in [0.2, 0.25) is 0 Å². The molecule has 2 heteroatoms. The van der Waals surface area contributed by atoms with E-state index in [0.29, 0.717) is 6.04 Å². The summed E-state index contributed by atoms with van der Waals surface area (Å²) in [5, 5.41) is 4.38. The lowest BCUT2D eigenvalue weighted by molar-refractivity contribution is 0.527. The summed E-state index contributed by atoms with van der Waals surface area (Å²) in [6.07, 6.45) is 8.09.